The minimum atomic E-state index is -0.919. The molecule has 1 aromatic heterocycles. The summed E-state index contributed by atoms with van der Waals surface area (Å²) in [6, 6.07) is 1.88. The Morgan fingerprint density at radius 1 is 1.41 bits per heavy atom. The third-order valence-corrected chi connectivity index (χ3v) is 2.69. The van der Waals surface area contributed by atoms with Gasteiger partial charge in [-0.3, -0.25) is 9.59 Å². The van der Waals surface area contributed by atoms with Crippen LogP contribution in [0.5, 0.6) is 0 Å². The molecule has 5 nitrogen and oxygen atoms in total. The highest BCUT2D eigenvalue weighted by atomic mass is 16.5. The number of carboxylic acid groups (broad SMARTS) is 1. The highest BCUT2D eigenvalue weighted by Crippen LogP contribution is 2.27. The van der Waals surface area contributed by atoms with E-state index in [0.29, 0.717) is 0 Å². The second-order valence-corrected chi connectivity index (χ2v) is 4.11. The lowest BCUT2D eigenvalue weighted by molar-refractivity contribution is -0.141. The Hall–Kier alpha value is -1.78. The first-order chi connectivity index (χ1) is 7.93. The van der Waals surface area contributed by atoms with Gasteiger partial charge in [-0.25, -0.2) is 0 Å². The Bertz CT molecular complexity index is 422. The summed E-state index contributed by atoms with van der Waals surface area (Å²) < 4.78 is 4.59. The number of carbonyl (C=O) groups excluding carboxylic acids is 1. The van der Waals surface area contributed by atoms with E-state index in [9.17, 15) is 9.59 Å². The van der Waals surface area contributed by atoms with Gasteiger partial charge in [0, 0.05) is 17.3 Å². The quantitative estimate of drug-likeness (QED) is 0.767. The van der Waals surface area contributed by atoms with Crippen molar-refractivity contribution in [2.75, 3.05) is 7.11 Å². The first-order valence-electron chi connectivity index (χ1n) is 5.38. The Morgan fingerprint density at radius 3 is 2.47 bits per heavy atom. The van der Waals surface area contributed by atoms with Gasteiger partial charge in [0.05, 0.1) is 20.0 Å². The molecule has 94 valence electrons. The van der Waals surface area contributed by atoms with Crippen molar-refractivity contribution in [3.05, 3.63) is 23.0 Å². The molecule has 1 unspecified atom stereocenters. The lowest BCUT2D eigenvalue weighted by Crippen LogP contribution is -2.13. The van der Waals surface area contributed by atoms with Crippen LogP contribution in [-0.2, 0) is 14.3 Å². The SMILES string of the molecule is COC(=O)CC(CC(=O)O)c1cc(C)[nH]c1C. The van der Waals surface area contributed by atoms with Crippen molar-refractivity contribution in [2.24, 2.45) is 0 Å². The summed E-state index contributed by atoms with van der Waals surface area (Å²) in [5.74, 6) is -1.66. The Morgan fingerprint density at radius 2 is 2.06 bits per heavy atom. The van der Waals surface area contributed by atoms with Crippen molar-refractivity contribution in [3.8, 4) is 0 Å². The van der Waals surface area contributed by atoms with Gasteiger partial charge in [0.1, 0.15) is 0 Å². The number of rotatable bonds is 5. The minimum absolute atomic E-state index is 0.0762. The van der Waals surface area contributed by atoms with Crippen LogP contribution in [0.4, 0.5) is 0 Å². The van der Waals surface area contributed by atoms with Crippen LogP contribution >= 0.6 is 0 Å². The van der Waals surface area contributed by atoms with E-state index < -0.39 is 11.9 Å². The van der Waals surface area contributed by atoms with E-state index in [4.69, 9.17) is 5.11 Å². The molecule has 5 heteroatoms. The Balaban J connectivity index is 2.93. The first-order valence-corrected chi connectivity index (χ1v) is 5.38. The van der Waals surface area contributed by atoms with Gasteiger partial charge in [-0.05, 0) is 25.5 Å². The molecule has 0 radical (unpaired) electrons. The minimum Gasteiger partial charge on any atom is -0.481 e. The fourth-order valence-corrected chi connectivity index (χ4v) is 1.96. The summed E-state index contributed by atoms with van der Waals surface area (Å²) >= 11 is 0. The predicted octanol–water partition coefficient (Wildman–Crippen LogP) is 1.75. The molecule has 0 saturated carbocycles. The Labute approximate surface area is 99.8 Å². The van der Waals surface area contributed by atoms with Crippen molar-refractivity contribution in [3.63, 3.8) is 0 Å². The highest BCUT2D eigenvalue weighted by molar-refractivity contribution is 5.73. The molecule has 0 aliphatic heterocycles. The molecule has 2 N–H and O–H groups in total. The van der Waals surface area contributed by atoms with Gasteiger partial charge in [-0.1, -0.05) is 0 Å². The number of H-pyrrole nitrogens is 1. The summed E-state index contributed by atoms with van der Waals surface area (Å²) in [5, 5.41) is 8.87. The van der Waals surface area contributed by atoms with E-state index in [1.807, 2.05) is 19.9 Å². The number of hydrogen-bond acceptors (Lipinski definition) is 3. The third kappa shape index (κ3) is 3.62. The third-order valence-electron chi connectivity index (χ3n) is 2.69. The van der Waals surface area contributed by atoms with E-state index in [2.05, 4.69) is 9.72 Å². The van der Waals surface area contributed by atoms with Gasteiger partial charge in [0.2, 0.25) is 0 Å². The van der Waals surface area contributed by atoms with Crippen LogP contribution in [0.3, 0.4) is 0 Å². The zero-order valence-electron chi connectivity index (χ0n) is 10.2. The van der Waals surface area contributed by atoms with Gasteiger partial charge in [-0.15, -0.1) is 0 Å². The summed E-state index contributed by atoms with van der Waals surface area (Å²) in [4.78, 5) is 25.2. The molecule has 1 rings (SSSR count). The van der Waals surface area contributed by atoms with Crippen LogP contribution in [-0.4, -0.2) is 29.1 Å². The van der Waals surface area contributed by atoms with Gasteiger partial charge < -0.3 is 14.8 Å². The number of aromatic amines is 1. The van der Waals surface area contributed by atoms with Gasteiger partial charge in [-0.2, -0.15) is 0 Å². The number of aliphatic carboxylic acids is 1. The highest BCUT2D eigenvalue weighted by Gasteiger charge is 2.22. The number of esters is 1. The molecule has 0 aliphatic carbocycles. The van der Waals surface area contributed by atoms with Crippen LogP contribution in [0, 0.1) is 13.8 Å². The zero-order valence-corrected chi connectivity index (χ0v) is 10.2. The summed E-state index contributed by atoms with van der Waals surface area (Å²) in [6.07, 6.45) is 0.00810. The van der Waals surface area contributed by atoms with Gasteiger partial charge in [0.25, 0.3) is 0 Å². The molecule has 0 aromatic carbocycles. The van der Waals surface area contributed by atoms with E-state index in [0.717, 1.165) is 17.0 Å². The number of aromatic nitrogens is 1. The molecule has 0 bridgehead atoms. The topological polar surface area (TPSA) is 79.4 Å². The van der Waals surface area contributed by atoms with Crippen LogP contribution in [0.2, 0.25) is 0 Å². The summed E-state index contributed by atoms with van der Waals surface area (Å²) in [5.41, 5.74) is 2.73. The average molecular weight is 239 g/mol. The molecule has 1 heterocycles. The molecule has 0 fully saturated rings. The number of aryl methyl sites for hydroxylation is 2. The molecular weight excluding hydrogens is 222 g/mol. The average Bonchev–Trinajstić information content (AvgIpc) is 2.56. The number of hydrogen-bond donors (Lipinski definition) is 2. The summed E-state index contributed by atoms with van der Waals surface area (Å²) in [6.45, 7) is 3.76. The largest absolute Gasteiger partial charge is 0.481 e. The van der Waals surface area contributed by atoms with E-state index in [1.54, 1.807) is 0 Å². The Kier molecular flexibility index (Phi) is 4.31. The van der Waals surface area contributed by atoms with E-state index in [-0.39, 0.29) is 18.8 Å². The maximum Gasteiger partial charge on any atom is 0.306 e. The van der Waals surface area contributed by atoms with Crippen molar-refractivity contribution in [1.29, 1.82) is 0 Å². The lowest BCUT2D eigenvalue weighted by atomic mass is 9.92. The second-order valence-electron chi connectivity index (χ2n) is 4.11. The number of nitrogens with one attached hydrogen (secondary N) is 1. The number of carbonyl (C=O) groups is 2. The number of ether oxygens (including phenoxy) is 1. The second kappa shape index (κ2) is 5.52. The van der Waals surface area contributed by atoms with E-state index >= 15 is 0 Å². The fourth-order valence-electron chi connectivity index (χ4n) is 1.96. The van der Waals surface area contributed by atoms with Crippen LogP contribution < -0.4 is 0 Å². The lowest BCUT2D eigenvalue weighted by Gasteiger charge is -2.13. The van der Waals surface area contributed by atoms with Crippen molar-refractivity contribution in [2.45, 2.75) is 32.6 Å². The standard InChI is InChI=1S/C12H17NO4/c1-7-4-10(8(2)13-7)9(5-11(14)15)6-12(16)17-3/h4,9,13H,5-6H2,1-3H3,(H,14,15). The van der Waals surface area contributed by atoms with Crippen LogP contribution in [0.15, 0.2) is 6.07 Å². The normalized spacial score (nSPS) is 12.2. The first kappa shape index (κ1) is 13.3. The number of carboxylic acids is 1. The summed E-state index contributed by atoms with van der Waals surface area (Å²) in [7, 11) is 1.30. The van der Waals surface area contributed by atoms with Crippen molar-refractivity contribution < 1.29 is 19.4 Å². The number of methoxy groups -OCH3 is 1. The molecule has 17 heavy (non-hydrogen) atoms. The molecule has 1 aromatic rings. The van der Waals surface area contributed by atoms with E-state index in [1.165, 1.54) is 7.11 Å². The molecular formula is C12H17NO4. The van der Waals surface area contributed by atoms with Gasteiger partial charge >= 0.3 is 11.9 Å². The zero-order chi connectivity index (χ0) is 13.0. The van der Waals surface area contributed by atoms with Gasteiger partial charge in [0.15, 0.2) is 0 Å². The fraction of sp³-hybridized carbons (Fsp3) is 0.500. The monoisotopic (exact) mass is 239 g/mol. The smallest absolute Gasteiger partial charge is 0.306 e. The van der Waals surface area contributed by atoms with Crippen LogP contribution in [0.25, 0.3) is 0 Å². The van der Waals surface area contributed by atoms with Crippen molar-refractivity contribution >= 4 is 11.9 Å². The maximum atomic E-state index is 11.3. The maximum absolute atomic E-state index is 11.3. The van der Waals surface area contributed by atoms with Crippen LogP contribution in [0.1, 0.15) is 35.7 Å². The molecule has 0 saturated heterocycles. The van der Waals surface area contributed by atoms with Crippen molar-refractivity contribution in [1.82, 2.24) is 4.98 Å². The molecule has 1 atom stereocenters. The molecule has 0 aliphatic rings. The molecule has 0 amide bonds. The molecule has 0 spiro atoms. The predicted molar refractivity (Wildman–Crippen MR) is 61.9 cm³/mol.